The molecule has 0 saturated carbocycles. The van der Waals surface area contributed by atoms with E-state index < -0.39 is 11.8 Å². The number of hydrogen-bond acceptors (Lipinski definition) is 5. The summed E-state index contributed by atoms with van der Waals surface area (Å²) in [4.78, 5) is 25.4. The summed E-state index contributed by atoms with van der Waals surface area (Å²) >= 11 is 6.35. The standard InChI is InChI=1S/C22H21ClN2O4/c1-4-10-29-20-18(23)12-15(13-19(20)28-3)11-17-14(2)24-25(22(17)27)21(26)16-8-6-5-7-9-16/h5-9,11-13H,4,10H2,1-3H3/b17-11+. The molecule has 2 aromatic rings. The highest BCUT2D eigenvalue weighted by molar-refractivity contribution is 6.33. The van der Waals surface area contributed by atoms with Gasteiger partial charge in [-0.25, -0.2) is 0 Å². The minimum absolute atomic E-state index is 0.314. The predicted molar refractivity (Wildman–Crippen MR) is 112 cm³/mol. The number of amides is 2. The molecule has 29 heavy (non-hydrogen) atoms. The molecule has 0 N–H and O–H groups in total. The van der Waals surface area contributed by atoms with E-state index in [4.69, 9.17) is 21.1 Å². The van der Waals surface area contributed by atoms with Gasteiger partial charge < -0.3 is 9.47 Å². The van der Waals surface area contributed by atoms with Crippen molar-refractivity contribution in [1.82, 2.24) is 5.01 Å². The molecule has 150 valence electrons. The van der Waals surface area contributed by atoms with Crippen LogP contribution in [0, 0.1) is 0 Å². The van der Waals surface area contributed by atoms with Crippen molar-refractivity contribution in [2.24, 2.45) is 5.10 Å². The molecule has 3 rings (SSSR count). The minimum atomic E-state index is -0.488. The van der Waals surface area contributed by atoms with E-state index in [0.717, 1.165) is 11.4 Å². The number of hydrazone groups is 1. The summed E-state index contributed by atoms with van der Waals surface area (Å²) in [5.74, 6) is -0.0349. The Labute approximate surface area is 174 Å². The van der Waals surface area contributed by atoms with Gasteiger partial charge in [-0.05, 0) is 49.2 Å². The van der Waals surface area contributed by atoms with E-state index in [0.29, 0.717) is 45.5 Å². The number of benzene rings is 2. The van der Waals surface area contributed by atoms with Crippen molar-refractivity contribution in [3.63, 3.8) is 0 Å². The molecule has 2 amide bonds. The Hall–Kier alpha value is -3.12. The first-order valence-electron chi connectivity index (χ1n) is 9.17. The van der Waals surface area contributed by atoms with Gasteiger partial charge in [-0.15, -0.1) is 0 Å². The molecule has 0 fully saturated rings. The van der Waals surface area contributed by atoms with Crippen LogP contribution in [-0.4, -0.2) is 36.3 Å². The fourth-order valence-corrected chi connectivity index (χ4v) is 3.13. The van der Waals surface area contributed by atoms with E-state index in [1.54, 1.807) is 55.5 Å². The normalized spacial score (nSPS) is 14.9. The Morgan fingerprint density at radius 3 is 2.62 bits per heavy atom. The summed E-state index contributed by atoms with van der Waals surface area (Å²) in [6, 6.07) is 12.0. The minimum Gasteiger partial charge on any atom is -0.493 e. The Bertz CT molecular complexity index is 999. The number of methoxy groups -OCH3 is 1. The van der Waals surface area contributed by atoms with Gasteiger partial charge in [0, 0.05) is 5.56 Å². The van der Waals surface area contributed by atoms with Gasteiger partial charge >= 0.3 is 0 Å². The molecular weight excluding hydrogens is 392 g/mol. The first-order valence-corrected chi connectivity index (χ1v) is 9.55. The van der Waals surface area contributed by atoms with E-state index >= 15 is 0 Å². The summed E-state index contributed by atoms with van der Waals surface area (Å²) < 4.78 is 11.0. The lowest BCUT2D eigenvalue weighted by molar-refractivity contribution is -0.123. The molecule has 2 aromatic carbocycles. The fourth-order valence-electron chi connectivity index (χ4n) is 2.86. The fraction of sp³-hybridized carbons (Fsp3) is 0.227. The zero-order valence-corrected chi connectivity index (χ0v) is 17.2. The third-order valence-electron chi connectivity index (χ3n) is 4.29. The van der Waals surface area contributed by atoms with E-state index in [1.165, 1.54) is 7.11 Å². The molecule has 7 heteroatoms. The maximum absolute atomic E-state index is 12.8. The van der Waals surface area contributed by atoms with Crippen molar-refractivity contribution < 1.29 is 19.1 Å². The second-order valence-electron chi connectivity index (χ2n) is 6.41. The van der Waals surface area contributed by atoms with E-state index in [2.05, 4.69) is 5.10 Å². The van der Waals surface area contributed by atoms with Gasteiger partial charge in [-0.3, -0.25) is 9.59 Å². The Kier molecular flexibility index (Phi) is 6.34. The molecule has 1 aliphatic rings. The number of halogens is 1. The maximum atomic E-state index is 12.8. The lowest BCUT2D eigenvalue weighted by Crippen LogP contribution is -2.29. The second kappa shape index (κ2) is 8.92. The number of rotatable bonds is 6. The van der Waals surface area contributed by atoms with Crippen molar-refractivity contribution in [1.29, 1.82) is 0 Å². The topological polar surface area (TPSA) is 68.2 Å². The predicted octanol–water partition coefficient (Wildman–Crippen LogP) is 4.58. The third-order valence-corrected chi connectivity index (χ3v) is 4.57. The Morgan fingerprint density at radius 1 is 1.24 bits per heavy atom. The molecule has 0 unspecified atom stereocenters. The van der Waals surface area contributed by atoms with Gasteiger partial charge in [0.15, 0.2) is 11.5 Å². The quantitative estimate of drug-likeness (QED) is 0.514. The SMILES string of the molecule is CCCOc1c(Cl)cc(/C=C2/C(=O)N(C(=O)c3ccccc3)N=C2C)cc1OC. The van der Waals surface area contributed by atoms with Crippen molar-refractivity contribution in [2.45, 2.75) is 20.3 Å². The largest absolute Gasteiger partial charge is 0.493 e. The lowest BCUT2D eigenvalue weighted by Gasteiger charge is -2.13. The molecular formula is C22H21ClN2O4. The van der Waals surface area contributed by atoms with Crippen LogP contribution < -0.4 is 9.47 Å². The maximum Gasteiger partial charge on any atom is 0.283 e. The molecule has 0 atom stereocenters. The highest BCUT2D eigenvalue weighted by atomic mass is 35.5. The van der Waals surface area contributed by atoms with Crippen molar-refractivity contribution >= 4 is 35.2 Å². The number of imide groups is 1. The summed E-state index contributed by atoms with van der Waals surface area (Å²) in [7, 11) is 1.52. The van der Waals surface area contributed by atoms with E-state index in [1.807, 2.05) is 6.92 Å². The Balaban J connectivity index is 1.91. The number of nitrogens with zero attached hydrogens (tertiary/aromatic N) is 2. The molecule has 0 spiro atoms. The van der Waals surface area contributed by atoms with Crippen LogP contribution in [0.4, 0.5) is 0 Å². The average Bonchev–Trinajstić information content (AvgIpc) is 3.01. The molecule has 0 aromatic heterocycles. The number of hydrogen-bond donors (Lipinski definition) is 0. The van der Waals surface area contributed by atoms with Gasteiger partial charge in [0.05, 0.1) is 30.0 Å². The van der Waals surface area contributed by atoms with Crippen LogP contribution in [-0.2, 0) is 4.79 Å². The van der Waals surface area contributed by atoms with Gasteiger partial charge in [0.1, 0.15) is 0 Å². The molecule has 0 saturated heterocycles. The summed E-state index contributed by atoms with van der Waals surface area (Å²) in [6.45, 7) is 4.19. The first kappa shape index (κ1) is 20.6. The molecule has 1 heterocycles. The highest BCUT2D eigenvalue weighted by Crippen LogP contribution is 2.37. The van der Waals surface area contributed by atoms with Gasteiger partial charge in [0.2, 0.25) is 0 Å². The summed E-state index contributed by atoms with van der Waals surface area (Å²) in [5.41, 5.74) is 1.79. The summed E-state index contributed by atoms with van der Waals surface area (Å²) in [6.07, 6.45) is 2.47. The smallest absolute Gasteiger partial charge is 0.283 e. The third kappa shape index (κ3) is 4.32. The Morgan fingerprint density at radius 2 is 1.97 bits per heavy atom. The van der Waals surface area contributed by atoms with Crippen LogP contribution in [0.1, 0.15) is 36.2 Å². The molecule has 6 nitrogen and oxygen atoms in total. The van der Waals surface area contributed by atoms with E-state index in [9.17, 15) is 9.59 Å². The van der Waals surface area contributed by atoms with Crippen LogP contribution in [0.5, 0.6) is 11.5 Å². The zero-order chi connectivity index (χ0) is 21.0. The van der Waals surface area contributed by atoms with Crippen LogP contribution in [0.2, 0.25) is 5.02 Å². The number of carbonyl (C=O) groups excluding carboxylic acids is 2. The van der Waals surface area contributed by atoms with Crippen LogP contribution in [0.3, 0.4) is 0 Å². The number of carbonyl (C=O) groups is 2. The van der Waals surface area contributed by atoms with Crippen LogP contribution in [0.15, 0.2) is 53.1 Å². The highest BCUT2D eigenvalue weighted by Gasteiger charge is 2.33. The van der Waals surface area contributed by atoms with Crippen molar-refractivity contribution in [3.8, 4) is 11.5 Å². The van der Waals surface area contributed by atoms with Gasteiger partial charge in [-0.2, -0.15) is 10.1 Å². The van der Waals surface area contributed by atoms with Crippen LogP contribution >= 0.6 is 11.6 Å². The first-order chi connectivity index (χ1) is 14.0. The van der Waals surface area contributed by atoms with Crippen molar-refractivity contribution in [2.75, 3.05) is 13.7 Å². The molecule has 0 bridgehead atoms. The lowest BCUT2D eigenvalue weighted by atomic mass is 10.1. The van der Waals surface area contributed by atoms with E-state index in [-0.39, 0.29) is 0 Å². The van der Waals surface area contributed by atoms with Gasteiger partial charge in [0.25, 0.3) is 11.8 Å². The summed E-state index contributed by atoms with van der Waals surface area (Å²) in [5, 5.41) is 5.40. The average molecular weight is 413 g/mol. The molecule has 0 radical (unpaired) electrons. The monoisotopic (exact) mass is 412 g/mol. The molecule has 1 aliphatic heterocycles. The zero-order valence-electron chi connectivity index (χ0n) is 16.4. The van der Waals surface area contributed by atoms with Crippen LogP contribution in [0.25, 0.3) is 6.08 Å². The number of ether oxygens (including phenoxy) is 2. The van der Waals surface area contributed by atoms with Crippen molar-refractivity contribution in [3.05, 3.63) is 64.2 Å². The van der Waals surface area contributed by atoms with Gasteiger partial charge in [-0.1, -0.05) is 36.7 Å². The molecule has 0 aliphatic carbocycles. The second-order valence-corrected chi connectivity index (χ2v) is 6.82.